The second kappa shape index (κ2) is 12.8. The van der Waals surface area contributed by atoms with Crippen molar-refractivity contribution in [2.24, 2.45) is 40.2 Å². The molecule has 2 aliphatic carbocycles. The smallest absolute Gasteiger partial charge is 0.315 e. The van der Waals surface area contributed by atoms with Crippen LogP contribution in [-0.2, 0) is 29.0 Å². The molecule has 5 amide bonds. The predicted octanol–water partition coefficient (Wildman–Crippen LogP) is 2.15. The van der Waals surface area contributed by atoms with Crippen LogP contribution in [-0.4, -0.2) is 84.1 Å². The van der Waals surface area contributed by atoms with E-state index in [1.165, 1.54) is 4.90 Å². The van der Waals surface area contributed by atoms with Gasteiger partial charge < -0.3 is 26.6 Å². The summed E-state index contributed by atoms with van der Waals surface area (Å²) in [5, 5.41) is 8.33. The fourth-order valence-corrected chi connectivity index (χ4v) is 8.02. The highest BCUT2D eigenvalue weighted by molar-refractivity contribution is 7.92. The number of piperidine rings is 1. The molecule has 2 saturated carbocycles. The molecule has 13 heteroatoms. The lowest BCUT2D eigenvalue weighted by Gasteiger charge is -2.38. The van der Waals surface area contributed by atoms with Crippen LogP contribution in [0.1, 0.15) is 94.9 Å². The molecule has 1 heterocycles. The number of sulfone groups is 1. The van der Waals surface area contributed by atoms with Gasteiger partial charge in [-0.2, -0.15) is 0 Å². The number of carbonyl (C=O) groups excluding carboxylic acids is 5. The van der Waals surface area contributed by atoms with Crippen molar-refractivity contribution in [2.45, 2.75) is 124 Å². The molecule has 0 aromatic rings. The molecule has 45 heavy (non-hydrogen) atoms. The van der Waals surface area contributed by atoms with Gasteiger partial charge in [-0.1, -0.05) is 67.7 Å². The van der Waals surface area contributed by atoms with E-state index >= 15 is 0 Å². The lowest BCUT2D eigenvalue weighted by molar-refractivity contribution is -0.145. The number of rotatable bonds is 12. The summed E-state index contributed by atoms with van der Waals surface area (Å²) >= 11 is 0. The first-order valence-corrected chi connectivity index (χ1v) is 17.8. The highest BCUT2D eigenvalue weighted by Crippen LogP contribution is 2.65. The quantitative estimate of drug-likeness (QED) is 0.233. The second-order valence-electron chi connectivity index (χ2n) is 16.4. The highest BCUT2D eigenvalue weighted by Gasteiger charge is 2.70. The van der Waals surface area contributed by atoms with Crippen molar-refractivity contribution >= 4 is 39.4 Å². The molecule has 12 nitrogen and oxygen atoms in total. The van der Waals surface area contributed by atoms with Crippen molar-refractivity contribution < 1.29 is 32.4 Å². The maximum atomic E-state index is 14.2. The van der Waals surface area contributed by atoms with Crippen molar-refractivity contribution in [2.75, 3.05) is 12.3 Å². The standard InChI is InChI=1S/C32H55N5O7S/c1-17(2)21(16-45(43,44)31(6,7)8)35-29(42)36-25(30(3,4)5)28(41)37-15-19-22(32(19,9)10)23(37)27(40)34-20(24(38)26(33)39)14-18-12-11-13-18/h17-23,25H,11-16H2,1-10H3,(H2,33,39)(H,34,40)(H2,35,36,42). The number of fused-ring (bicyclic) bond motifs is 1. The lowest BCUT2D eigenvalue weighted by atomic mass is 9.80. The Balaban J connectivity index is 1.82. The fourth-order valence-electron chi connectivity index (χ4n) is 6.58. The van der Waals surface area contributed by atoms with Crippen molar-refractivity contribution in [1.82, 2.24) is 20.9 Å². The zero-order valence-electron chi connectivity index (χ0n) is 28.7. The topological polar surface area (TPSA) is 185 Å². The van der Waals surface area contributed by atoms with Crippen LogP contribution in [0, 0.1) is 34.5 Å². The Hall–Kier alpha value is -2.70. The zero-order valence-corrected chi connectivity index (χ0v) is 29.5. The molecule has 3 rings (SSSR count). The number of primary amides is 1. The number of amides is 5. The van der Waals surface area contributed by atoms with Gasteiger partial charge >= 0.3 is 6.03 Å². The lowest BCUT2D eigenvalue weighted by Crippen LogP contribution is -2.62. The molecular formula is C32H55N5O7S. The third-order valence-electron chi connectivity index (χ3n) is 10.3. The Kier molecular flexibility index (Phi) is 10.5. The summed E-state index contributed by atoms with van der Waals surface area (Å²) in [6.07, 6.45) is 3.16. The number of likely N-dealkylation sites (tertiary alicyclic amines) is 1. The number of ketones is 1. The first-order valence-electron chi connectivity index (χ1n) is 16.1. The van der Waals surface area contributed by atoms with Crippen molar-refractivity contribution in [3.05, 3.63) is 0 Å². The summed E-state index contributed by atoms with van der Waals surface area (Å²) in [5.74, 6) is -3.26. The van der Waals surface area contributed by atoms with E-state index < -0.39 is 73.7 Å². The molecule has 6 atom stereocenters. The number of hydrogen-bond donors (Lipinski definition) is 4. The minimum Gasteiger partial charge on any atom is -0.363 e. The molecular weight excluding hydrogens is 598 g/mol. The summed E-state index contributed by atoms with van der Waals surface area (Å²) < 4.78 is 24.8. The normalized spacial score (nSPS) is 25.0. The van der Waals surface area contributed by atoms with Gasteiger partial charge in [-0.25, -0.2) is 13.2 Å². The number of hydrogen-bond acceptors (Lipinski definition) is 7. The van der Waals surface area contributed by atoms with Crippen LogP contribution in [0.4, 0.5) is 4.79 Å². The van der Waals surface area contributed by atoms with Gasteiger partial charge in [-0.3, -0.25) is 19.2 Å². The molecule has 0 radical (unpaired) electrons. The van der Waals surface area contributed by atoms with Gasteiger partial charge in [-0.05, 0) is 61.7 Å². The average Bonchev–Trinajstić information content (AvgIpc) is 3.19. The molecule has 256 valence electrons. The minimum atomic E-state index is -3.55. The van der Waals surface area contributed by atoms with E-state index in [0.29, 0.717) is 13.0 Å². The molecule has 6 unspecified atom stereocenters. The number of Topliss-reactive ketones (excluding diaryl/α,β-unsaturated/α-hetero) is 1. The van der Waals surface area contributed by atoms with Crippen molar-refractivity contribution in [1.29, 1.82) is 0 Å². The van der Waals surface area contributed by atoms with Gasteiger partial charge in [0, 0.05) is 12.6 Å². The minimum absolute atomic E-state index is 0.0523. The molecule has 3 aliphatic rings. The Morgan fingerprint density at radius 3 is 1.98 bits per heavy atom. The van der Waals surface area contributed by atoms with Crippen molar-refractivity contribution in [3.63, 3.8) is 0 Å². The molecule has 3 fully saturated rings. The molecule has 1 aliphatic heterocycles. The van der Waals surface area contributed by atoms with Crippen LogP contribution >= 0.6 is 0 Å². The van der Waals surface area contributed by atoms with Gasteiger partial charge in [0.05, 0.1) is 16.5 Å². The first kappa shape index (κ1) is 36.8. The predicted molar refractivity (Wildman–Crippen MR) is 171 cm³/mol. The molecule has 0 aromatic heterocycles. The van der Waals surface area contributed by atoms with Gasteiger partial charge in [0.25, 0.3) is 5.91 Å². The molecule has 0 aromatic carbocycles. The number of nitrogens with zero attached hydrogens (tertiary/aromatic N) is 1. The second-order valence-corrected chi connectivity index (χ2v) is 19.2. The van der Waals surface area contributed by atoms with Crippen LogP contribution in [0.5, 0.6) is 0 Å². The van der Waals surface area contributed by atoms with E-state index in [2.05, 4.69) is 16.0 Å². The maximum absolute atomic E-state index is 14.2. The van der Waals surface area contributed by atoms with E-state index in [9.17, 15) is 32.4 Å². The Bertz CT molecular complexity index is 1290. The van der Waals surface area contributed by atoms with Crippen LogP contribution in [0.15, 0.2) is 0 Å². The van der Waals surface area contributed by atoms with E-state index in [1.807, 2.05) is 27.7 Å². The average molecular weight is 654 g/mol. The van der Waals surface area contributed by atoms with Crippen LogP contribution in [0.25, 0.3) is 0 Å². The van der Waals surface area contributed by atoms with Crippen LogP contribution in [0.2, 0.25) is 0 Å². The van der Waals surface area contributed by atoms with Gasteiger partial charge in [0.2, 0.25) is 17.6 Å². The van der Waals surface area contributed by atoms with E-state index in [0.717, 1.165) is 19.3 Å². The molecule has 5 N–H and O–H groups in total. The van der Waals surface area contributed by atoms with E-state index in [-0.39, 0.29) is 34.8 Å². The summed E-state index contributed by atoms with van der Waals surface area (Å²) in [7, 11) is -3.55. The third-order valence-corrected chi connectivity index (χ3v) is 12.9. The fraction of sp³-hybridized carbons (Fsp3) is 0.844. The Morgan fingerprint density at radius 2 is 1.53 bits per heavy atom. The SMILES string of the molecule is CC(C)C(CS(=O)(=O)C(C)(C)C)NC(=O)NC(C(=O)N1CC2C(C1C(=O)NC(CC1CCC1)C(=O)C(N)=O)C2(C)C)C(C)(C)C. The van der Waals surface area contributed by atoms with Crippen LogP contribution < -0.4 is 21.7 Å². The molecule has 1 saturated heterocycles. The summed E-state index contributed by atoms with van der Waals surface area (Å²) in [4.78, 5) is 67.4. The largest absolute Gasteiger partial charge is 0.363 e. The Labute approximate surface area is 268 Å². The summed E-state index contributed by atoms with van der Waals surface area (Å²) in [6.45, 7) is 18.3. The van der Waals surface area contributed by atoms with Gasteiger partial charge in [-0.15, -0.1) is 0 Å². The first-order chi connectivity index (χ1) is 20.4. The maximum Gasteiger partial charge on any atom is 0.315 e. The number of carbonyl (C=O) groups is 5. The van der Waals surface area contributed by atoms with E-state index in [4.69, 9.17) is 5.73 Å². The molecule has 0 spiro atoms. The monoisotopic (exact) mass is 653 g/mol. The number of nitrogens with one attached hydrogen (secondary N) is 3. The molecule has 0 bridgehead atoms. The van der Waals surface area contributed by atoms with Gasteiger partial charge in [0.1, 0.15) is 12.1 Å². The Morgan fingerprint density at radius 1 is 0.956 bits per heavy atom. The summed E-state index contributed by atoms with van der Waals surface area (Å²) in [6, 6.07) is -4.36. The van der Waals surface area contributed by atoms with Gasteiger partial charge in [0.15, 0.2) is 9.84 Å². The number of urea groups is 1. The zero-order chi connectivity index (χ0) is 34.4. The van der Waals surface area contributed by atoms with E-state index in [1.54, 1.807) is 41.5 Å². The third kappa shape index (κ3) is 8.00. The highest BCUT2D eigenvalue weighted by atomic mass is 32.2. The summed E-state index contributed by atoms with van der Waals surface area (Å²) in [5.41, 5.74) is 4.34. The van der Waals surface area contributed by atoms with Crippen molar-refractivity contribution in [3.8, 4) is 0 Å². The van der Waals surface area contributed by atoms with Crippen LogP contribution in [0.3, 0.4) is 0 Å². The number of nitrogens with two attached hydrogens (primary N) is 1.